The molecule has 1 atom stereocenters. The molecule has 0 spiro atoms. The van der Waals surface area contributed by atoms with Crippen molar-refractivity contribution in [2.24, 2.45) is 0 Å². The van der Waals surface area contributed by atoms with Crippen LogP contribution in [0.1, 0.15) is 24.8 Å². The number of hydrogen-bond donors (Lipinski definition) is 0. The van der Waals surface area contributed by atoms with Crippen LogP contribution >= 0.6 is 0 Å². The van der Waals surface area contributed by atoms with Crippen molar-refractivity contribution < 1.29 is 17.9 Å². The van der Waals surface area contributed by atoms with E-state index in [-0.39, 0.29) is 17.4 Å². The highest BCUT2D eigenvalue weighted by Crippen LogP contribution is 2.39. The molecule has 0 bridgehead atoms. The predicted octanol–water partition coefficient (Wildman–Crippen LogP) is 3.48. The maximum atomic E-state index is 13.4. The highest BCUT2D eigenvalue weighted by Gasteiger charge is 2.36. The minimum absolute atomic E-state index is 0.135. The van der Waals surface area contributed by atoms with Crippen molar-refractivity contribution >= 4 is 32.6 Å². The fraction of sp³-hybridized carbons (Fsp3) is 0.238. The van der Waals surface area contributed by atoms with Gasteiger partial charge in [0.25, 0.3) is 10.0 Å². The van der Waals surface area contributed by atoms with Gasteiger partial charge in [0, 0.05) is 18.1 Å². The van der Waals surface area contributed by atoms with Gasteiger partial charge in [0.1, 0.15) is 4.90 Å². The maximum absolute atomic E-state index is 13.4. The van der Waals surface area contributed by atoms with Crippen LogP contribution in [-0.2, 0) is 19.6 Å². The van der Waals surface area contributed by atoms with Gasteiger partial charge in [-0.15, -0.1) is 0 Å². The average Bonchev–Trinajstić information content (AvgIpc) is 2.72. The number of pyridine rings is 1. The van der Waals surface area contributed by atoms with Gasteiger partial charge in [-0.1, -0.05) is 36.4 Å². The Morgan fingerprint density at radius 3 is 2.75 bits per heavy atom. The van der Waals surface area contributed by atoms with Crippen molar-refractivity contribution in [1.82, 2.24) is 4.98 Å². The van der Waals surface area contributed by atoms with E-state index in [1.807, 2.05) is 24.3 Å². The van der Waals surface area contributed by atoms with Gasteiger partial charge >= 0.3 is 5.97 Å². The van der Waals surface area contributed by atoms with Crippen molar-refractivity contribution in [2.45, 2.75) is 24.2 Å². The van der Waals surface area contributed by atoms with E-state index in [0.717, 1.165) is 10.9 Å². The van der Waals surface area contributed by atoms with Gasteiger partial charge in [-0.2, -0.15) is 0 Å². The Hall–Kier alpha value is -2.93. The molecule has 3 aromatic rings. The van der Waals surface area contributed by atoms with E-state index < -0.39 is 15.9 Å². The summed E-state index contributed by atoms with van der Waals surface area (Å²) in [6.45, 7) is 2.26. The number of para-hydroxylation sites is 2. The number of fused-ring (bicyclic) bond motifs is 2. The van der Waals surface area contributed by atoms with Crippen LogP contribution < -0.4 is 4.31 Å². The Labute approximate surface area is 163 Å². The van der Waals surface area contributed by atoms with Gasteiger partial charge in [-0.3, -0.25) is 14.1 Å². The fourth-order valence-electron chi connectivity index (χ4n) is 3.59. The van der Waals surface area contributed by atoms with Crippen molar-refractivity contribution in [3.05, 3.63) is 66.4 Å². The molecule has 1 aliphatic heterocycles. The lowest BCUT2D eigenvalue weighted by Gasteiger charge is -2.33. The molecule has 0 amide bonds. The summed E-state index contributed by atoms with van der Waals surface area (Å²) in [5.74, 6) is -0.781. The maximum Gasteiger partial charge on any atom is 0.313 e. The smallest absolute Gasteiger partial charge is 0.313 e. The number of rotatable bonds is 4. The lowest BCUT2D eigenvalue weighted by atomic mass is 9.91. The minimum atomic E-state index is -3.81. The first kappa shape index (κ1) is 18.4. The third-order valence-corrected chi connectivity index (χ3v) is 6.70. The number of sulfonamides is 1. The van der Waals surface area contributed by atoms with Gasteiger partial charge in [-0.25, -0.2) is 8.42 Å². The second-order valence-corrected chi connectivity index (χ2v) is 8.46. The van der Waals surface area contributed by atoms with Crippen LogP contribution in [-0.4, -0.2) is 32.5 Å². The van der Waals surface area contributed by atoms with Crippen LogP contribution in [0, 0.1) is 0 Å². The van der Waals surface area contributed by atoms with E-state index in [4.69, 9.17) is 4.74 Å². The molecule has 0 saturated heterocycles. The number of ether oxygens (including phenoxy) is 1. The van der Waals surface area contributed by atoms with Crippen LogP contribution in [0.4, 0.5) is 5.69 Å². The van der Waals surface area contributed by atoms with Gasteiger partial charge in [-0.05, 0) is 37.1 Å². The van der Waals surface area contributed by atoms with Gasteiger partial charge < -0.3 is 4.74 Å². The van der Waals surface area contributed by atoms with E-state index in [0.29, 0.717) is 24.3 Å². The molecule has 1 unspecified atom stereocenters. The zero-order chi connectivity index (χ0) is 19.7. The number of benzene rings is 2. The lowest BCUT2D eigenvalue weighted by Crippen LogP contribution is -2.38. The molecule has 0 aliphatic carbocycles. The molecule has 0 radical (unpaired) electrons. The molecule has 0 fully saturated rings. The Bertz CT molecular complexity index is 1140. The van der Waals surface area contributed by atoms with Crippen LogP contribution in [0.2, 0.25) is 0 Å². The molecule has 1 aliphatic rings. The SMILES string of the molecule is CCOC(=O)C1CCN(S(=O)(=O)c2cnc3ccccc3c2)c2ccccc21. The quantitative estimate of drug-likeness (QED) is 0.631. The summed E-state index contributed by atoms with van der Waals surface area (Å²) in [7, 11) is -3.81. The average molecular weight is 396 g/mol. The van der Waals surface area contributed by atoms with Gasteiger partial charge in [0.05, 0.1) is 23.7 Å². The third-order valence-electron chi connectivity index (χ3n) is 4.93. The minimum Gasteiger partial charge on any atom is -0.466 e. The zero-order valence-electron chi connectivity index (χ0n) is 15.4. The second kappa shape index (κ2) is 7.24. The molecule has 28 heavy (non-hydrogen) atoms. The number of carbonyl (C=O) groups is 1. The number of nitrogens with zero attached hydrogens (tertiary/aromatic N) is 2. The monoisotopic (exact) mass is 396 g/mol. The van der Waals surface area contributed by atoms with E-state index >= 15 is 0 Å². The van der Waals surface area contributed by atoms with Crippen LogP contribution in [0.3, 0.4) is 0 Å². The molecule has 144 valence electrons. The van der Waals surface area contributed by atoms with E-state index in [1.165, 1.54) is 10.5 Å². The molecule has 2 heterocycles. The Morgan fingerprint density at radius 1 is 1.18 bits per heavy atom. The van der Waals surface area contributed by atoms with E-state index in [2.05, 4.69) is 4.98 Å². The number of esters is 1. The highest BCUT2D eigenvalue weighted by molar-refractivity contribution is 7.92. The Kier molecular flexibility index (Phi) is 4.77. The number of carbonyl (C=O) groups excluding carboxylic acids is 1. The second-order valence-electron chi connectivity index (χ2n) is 6.59. The molecule has 4 rings (SSSR count). The molecule has 1 aromatic heterocycles. The fourth-order valence-corrected chi connectivity index (χ4v) is 5.08. The summed E-state index contributed by atoms with van der Waals surface area (Å²) in [4.78, 5) is 16.8. The molecule has 0 N–H and O–H groups in total. The summed E-state index contributed by atoms with van der Waals surface area (Å²) in [6, 6.07) is 16.1. The number of anilines is 1. The zero-order valence-corrected chi connectivity index (χ0v) is 16.2. The third kappa shape index (κ3) is 3.11. The first-order valence-electron chi connectivity index (χ1n) is 9.15. The number of hydrogen-bond acceptors (Lipinski definition) is 5. The molecule has 0 saturated carbocycles. The number of aromatic nitrogens is 1. The van der Waals surface area contributed by atoms with Crippen LogP contribution in [0.15, 0.2) is 65.7 Å². The van der Waals surface area contributed by atoms with Crippen molar-refractivity contribution in [2.75, 3.05) is 17.5 Å². The standard InChI is InChI=1S/C21H20N2O4S/c1-2-27-21(24)18-11-12-23(20-10-6-4-8-17(18)20)28(25,26)16-13-15-7-3-5-9-19(15)22-14-16/h3-10,13-14,18H,2,11-12H2,1H3. The molecular formula is C21H20N2O4S. The molecular weight excluding hydrogens is 376 g/mol. The first-order valence-corrected chi connectivity index (χ1v) is 10.6. The summed E-state index contributed by atoms with van der Waals surface area (Å²) in [6.07, 6.45) is 1.76. The predicted molar refractivity (Wildman–Crippen MR) is 107 cm³/mol. The van der Waals surface area contributed by atoms with Gasteiger partial charge in [0.2, 0.25) is 0 Å². The Morgan fingerprint density at radius 2 is 1.93 bits per heavy atom. The summed E-state index contributed by atoms with van der Waals surface area (Å²) >= 11 is 0. The lowest BCUT2D eigenvalue weighted by molar-refractivity contribution is -0.145. The normalized spacial score (nSPS) is 16.6. The van der Waals surface area contributed by atoms with Crippen LogP contribution in [0.25, 0.3) is 10.9 Å². The molecule has 2 aromatic carbocycles. The molecule has 7 heteroatoms. The van der Waals surface area contributed by atoms with Gasteiger partial charge in [0.15, 0.2) is 0 Å². The summed E-state index contributed by atoms with van der Waals surface area (Å²) in [5.41, 5.74) is 1.92. The Balaban J connectivity index is 1.77. The van der Waals surface area contributed by atoms with E-state index in [1.54, 1.807) is 37.3 Å². The summed E-state index contributed by atoms with van der Waals surface area (Å²) in [5, 5.41) is 0.762. The van der Waals surface area contributed by atoms with E-state index in [9.17, 15) is 13.2 Å². The molecule has 6 nitrogen and oxygen atoms in total. The van der Waals surface area contributed by atoms with Crippen molar-refractivity contribution in [3.63, 3.8) is 0 Å². The van der Waals surface area contributed by atoms with Crippen molar-refractivity contribution in [1.29, 1.82) is 0 Å². The largest absolute Gasteiger partial charge is 0.466 e. The highest BCUT2D eigenvalue weighted by atomic mass is 32.2. The summed E-state index contributed by atoms with van der Waals surface area (Å²) < 4.78 is 33.3. The van der Waals surface area contributed by atoms with Crippen molar-refractivity contribution in [3.8, 4) is 0 Å². The topological polar surface area (TPSA) is 76.6 Å². The first-order chi connectivity index (χ1) is 13.5. The van der Waals surface area contributed by atoms with Crippen LogP contribution in [0.5, 0.6) is 0 Å².